The number of thioether (sulfide) groups is 1. The number of hydrogen-bond donors (Lipinski definition) is 2. The van der Waals surface area contributed by atoms with E-state index in [1.165, 1.54) is 31.4 Å². The van der Waals surface area contributed by atoms with Crippen molar-refractivity contribution < 1.29 is 17.9 Å². The van der Waals surface area contributed by atoms with Gasteiger partial charge in [-0.2, -0.15) is 11.8 Å². The number of amides is 1. The molecule has 0 saturated carbocycles. The van der Waals surface area contributed by atoms with Crippen molar-refractivity contribution >= 4 is 27.7 Å². The number of nitrogens with one attached hydrogen (secondary N) is 2. The molecular formula is C15H22N2O4S2. The van der Waals surface area contributed by atoms with Gasteiger partial charge in [-0.3, -0.25) is 4.79 Å². The van der Waals surface area contributed by atoms with E-state index in [0.29, 0.717) is 12.2 Å². The Bertz CT molecular complexity index is 611. The molecule has 1 saturated heterocycles. The van der Waals surface area contributed by atoms with Gasteiger partial charge in [-0.1, -0.05) is 0 Å². The summed E-state index contributed by atoms with van der Waals surface area (Å²) in [5.41, 5.74) is 0.471. The van der Waals surface area contributed by atoms with E-state index in [9.17, 15) is 13.2 Å². The third-order valence-electron chi connectivity index (χ3n) is 3.58. The van der Waals surface area contributed by atoms with E-state index in [-0.39, 0.29) is 23.4 Å². The Kier molecular flexibility index (Phi) is 6.88. The molecule has 2 N–H and O–H groups in total. The molecule has 8 heteroatoms. The van der Waals surface area contributed by atoms with E-state index in [1.807, 2.05) is 11.8 Å². The summed E-state index contributed by atoms with van der Waals surface area (Å²) in [7, 11) is -2.06. The molecule has 2 rings (SSSR count). The van der Waals surface area contributed by atoms with Crippen LogP contribution in [0.5, 0.6) is 0 Å². The maximum atomic E-state index is 12.2. The molecule has 128 valence electrons. The van der Waals surface area contributed by atoms with E-state index in [4.69, 9.17) is 4.74 Å². The van der Waals surface area contributed by atoms with Crippen LogP contribution in [0.2, 0.25) is 0 Å². The van der Waals surface area contributed by atoms with Crippen LogP contribution in [0.1, 0.15) is 23.2 Å². The molecule has 1 aromatic rings. The highest BCUT2D eigenvalue weighted by molar-refractivity contribution is 7.99. The molecule has 0 atom stereocenters. The fourth-order valence-electron chi connectivity index (χ4n) is 2.26. The van der Waals surface area contributed by atoms with Crippen LogP contribution in [0.15, 0.2) is 29.2 Å². The van der Waals surface area contributed by atoms with Crippen LogP contribution in [0, 0.1) is 0 Å². The molecule has 0 spiro atoms. The topological polar surface area (TPSA) is 84.5 Å². The molecule has 1 heterocycles. The number of ether oxygens (including phenoxy) is 1. The van der Waals surface area contributed by atoms with Crippen LogP contribution in [0.25, 0.3) is 0 Å². The molecule has 1 aliphatic rings. The van der Waals surface area contributed by atoms with Crippen LogP contribution in [0.4, 0.5) is 0 Å². The maximum Gasteiger partial charge on any atom is 0.251 e. The highest BCUT2D eigenvalue weighted by atomic mass is 32.2. The van der Waals surface area contributed by atoms with Gasteiger partial charge in [0.1, 0.15) is 0 Å². The monoisotopic (exact) mass is 358 g/mol. The molecule has 1 amide bonds. The second-order valence-corrected chi connectivity index (χ2v) is 8.27. The van der Waals surface area contributed by atoms with Crippen molar-refractivity contribution in [2.75, 3.05) is 31.8 Å². The summed E-state index contributed by atoms with van der Waals surface area (Å²) in [6, 6.07) is 6.18. The van der Waals surface area contributed by atoms with Crippen molar-refractivity contribution in [3.63, 3.8) is 0 Å². The van der Waals surface area contributed by atoms with Gasteiger partial charge >= 0.3 is 0 Å². The van der Waals surface area contributed by atoms with Crippen molar-refractivity contribution in [1.82, 2.24) is 10.0 Å². The molecule has 0 aliphatic carbocycles. The molecular weight excluding hydrogens is 336 g/mol. The Hall–Kier alpha value is -1.09. The Morgan fingerprint density at radius 1 is 1.26 bits per heavy atom. The summed E-state index contributed by atoms with van der Waals surface area (Å²) in [6.07, 6.45) is 1.96. The highest BCUT2D eigenvalue weighted by Gasteiger charge is 2.18. The van der Waals surface area contributed by atoms with E-state index in [1.54, 1.807) is 0 Å². The van der Waals surface area contributed by atoms with Gasteiger partial charge in [-0.05, 0) is 48.6 Å². The Balaban J connectivity index is 1.96. The highest BCUT2D eigenvalue weighted by Crippen LogP contribution is 2.17. The number of sulfonamides is 1. The lowest BCUT2D eigenvalue weighted by Gasteiger charge is -2.22. The fraction of sp³-hybridized carbons (Fsp3) is 0.533. The first kappa shape index (κ1) is 18.3. The van der Waals surface area contributed by atoms with Gasteiger partial charge in [0.25, 0.3) is 5.91 Å². The zero-order valence-electron chi connectivity index (χ0n) is 13.1. The summed E-state index contributed by atoms with van der Waals surface area (Å²) < 4.78 is 31.3. The van der Waals surface area contributed by atoms with Gasteiger partial charge in [-0.15, -0.1) is 0 Å². The van der Waals surface area contributed by atoms with Crippen molar-refractivity contribution in [1.29, 1.82) is 0 Å². The predicted octanol–water partition coefficient (Wildman–Crippen LogP) is 1.24. The predicted molar refractivity (Wildman–Crippen MR) is 91.3 cm³/mol. The van der Waals surface area contributed by atoms with Gasteiger partial charge in [0.05, 0.1) is 11.5 Å². The summed E-state index contributed by atoms with van der Waals surface area (Å²) >= 11 is 1.90. The van der Waals surface area contributed by atoms with Gasteiger partial charge in [-0.25, -0.2) is 13.1 Å². The summed E-state index contributed by atoms with van der Waals surface area (Å²) in [5, 5.41) is 3.00. The lowest BCUT2D eigenvalue weighted by Crippen LogP contribution is -2.37. The van der Waals surface area contributed by atoms with Gasteiger partial charge in [0, 0.05) is 25.3 Å². The Morgan fingerprint density at radius 3 is 2.52 bits per heavy atom. The fourth-order valence-corrected chi connectivity index (χ4v) is 4.38. The minimum atomic E-state index is -3.57. The van der Waals surface area contributed by atoms with Crippen LogP contribution in [-0.4, -0.2) is 52.1 Å². The molecule has 1 aromatic carbocycles. The minimum Gasteiger partial charge on any atom is -0.383 e. The third-order valence-corrected chi connectivity index (χ3v) is 6.11. The van der Waals surface area contributed by atoms with Crippen LogP contribution < -0.4 is 10.0 Å². The number of carbonyl (C=O) groups is 1. The Morgan fingerprint density at radius 2 is 1.91 bits per heavy atom. The standard InChI is InChI=1S/C15H22N2O4S2/c1-21-9-8-16-23(19,20)14-4-2-12(3-5-14)15(18)17-13-6-10-22-11-7-13/h2-5,13,16H,6-11H2,1H3,(H,17,18). The summed E-state index contributed by atoms with van der Waals surface area (Å²) in [6.45, 7) is 0.514. The summed E-state index contributed by atoms with van der Waals surface area (Å²) in [4.78, 5) is 12.3. The summed E-state index contributed by atoms with van der Waals surface area (Å²) in [5.74, 6) is 1.98. The number of hydrogen-bond acceptors (Lipinski definition) is 5. The number of rotatable bonds is 7. The molecule has 1 fully saturated rings. The smallest absolute Gasteiger partial charge is 0.251 e. The van der Waals surface area contributed by atoms with Crippen LogP contribution >= 0.6 is 11.8 Å². The average molecular weight is 358 g/mol. The minimum absolute atomic E-state index is 0.138. The zero-order chi connectivity index (χ0) is 16.7. The number of benzene rings is 1. The maximum absolute atomic E-state index is 12.2. The van der Waals surface area contributed by atoms with E-state index >= 15 is 0 Å². The van der Waals surface area contributed by atoms with Crippen molar-refractivity contribution in [3.8, 4) is 0 Å². The molecule has 0 aromatic heterocycles. The molecule has 0 bridgehead atoms. The van der Waals surface area contributed by atoms with Crippen LogP contribution in [0.3, 0.4) is 0 Å². The van der Waals surface area contributed by atoms with E-state index in [2.05, 4.69) is 10.0 Å². The average Bonchev–Trinajstić information content (AvgIpc) is 2.56. The molecule has 23 heavy (non-hydrogen) atoms. The largest absolute Gasteiger partial charge is 0.383 e. The zero-order valence-corrected chi connectivity index (χ0v) is 14.7. The molecule has 0 radical (unpaired) electrons. The number of carbonyl (C=O) groups excluding carboxylic acids is 1. The molecule has 1 aliphatic heterocycles. The normalized spacial score (nSPS) is 16.2. The quantitative estimate of drug-likeness (QED) is 0.717. The second-order valence-electron chi connectivity index (χ2n) is 5.28. The van der Waals surface area contributed by atoms with Gasteiger partial charge < -0.3 is 10.1 Å². The van der Waals surface area contributed by atoms with E-state index < -0.39 is 10.0 Å². The third kappa shape index (κ3) is 5.49. The number of methoxy groups -OCH3 is 1. The molecule has 6 nitrogen and oxygen atoms in total. The van der Waals surface area contributed by atoms with Crippen molar-refractivity contribution in [3.05, 3.63) is 29.8 Å². The first-order chi connectivity index (χ1) is 11.0. The first-order valence-corrected chi connectivity index (χ1v) is 10.1. The lowest BCUT2D eigenvalue weighted by atomic mass is 10.1. The lowest BCUT2D eigenvalue weighted by molar-refractivity contribution is 0.0934. The van der Waals surface area contributed by atoms with E-state index in [0.717, 1.165) is 24.3 Å². The van der Waals surface area contributed by atoms with Gasteiger partial charge in [0.2, 0.25) is 10.0 Å². The van der Waals surface area contributed by atoms with Crippen molar-refractivity contribution in [2.24, 2.45) is 0 Å². The SMILES string of the molecule is COCCNS(=O)(=O)c1ccc(C(=O)NC2CCSCC2)cc1. The van der Waals surface area contributed by atoms with Crippen molar-refractivity contribution in [2.45, 2.75) is 23.8 Å². The molecule has 0 unspecified atom stereocenters. The van der Waals surface area contributed by atoms with Gasteiger partial charge in [0.15, 0.2) is 0 Å². The second kappa shape index (κ2) is 8.68. The first-order valence-electron chi connectivity index (χ1n) is 7.50. The van der Waals surface area contributed by atoms with Crippen LogP contribution in [-0.2, 0) is 14.8 Å². The Labute approximate surface area is 141 Å².